The van der Waals surface area contributed by atoms with Crippen LogP contribution in [0, 0.1) is 0 Å². The molecule has 0 heterocycles. The van der Waals surface area contributed by atoms with Crippen LogP contribution in [0.4, 0.5) is 13.2 Å². The van der Waals surface area contributed by atoms with E-state index in [2.05, 4.69) is 18.6 Å². The Hall–Kier alpha value is -1.07. The van der Waals surface area contributed by atoms with E-state index in [4.69, 9.17) is 5.73 Å². The first-order valence-electron chi connectivity index (χ1n) is 6.33. The van der Waals surface area contributed by atoms with Crippen molar-refractivity contribution in [1.82, 2.24) is 0 Å². The van der Waals surface area contributed by atoms with Crippen molar-refractivity contribution in [1.29, 1.82) is 0 Å². The van der Waals surface area contributed by atoms with Crippen LogP contribution >= 0.6 is 0 Å². The van der Waals surface area contributed by atoms with Crippen LogP contribution in [0.15, 0.2) is 24.3 Å². The summed E-state index contributed by atoms with van der Waals surface area (Å²) in [5.41, 5.74) is 7.78. The number of rotatable bonds is 6. The van der Waals surface area contributed by atoms with E-state index in [0.717, 1.165) is 12.0 Å². The van der Waals surface area contributed by atoms with Crippen molar-refractivity contribution in [3.63, 3.8) is 0 Å². The first-order chi connectivity index (χ1) is 8.83. The first-order valence-corrected chi connectivity index (χ1v) is 6.33. The number of nitrogens with two attached hydrogens (primary N) is 1. The van der Waals surface area contributed by atoms with Gasteiger partial charge < -0.3 is 10.5 Å². The molecule has 2 nitrogen and oxygen atoms in total. The van der Waals surface area contributed by atoms with E-state index >= 15 is 0 Å². The largest absolute Gasteiger partial charge is 0.411 e. The normalized spacial score (nSPS) is 15.3. The fraction of sp³-hybridized carbons (Fsp3) is 0.571. The molecule has 1 rings (SSSR count). The lowest BCUT2D eigenvalue weighted by Gasteiger charge is -2.15. The smallest absolute Gasteiger partial charge is 0.370 e. The zero-order chi connectivity index (χ0) is 14.5. The average Bonchev–Trinajstić information content (AvgIpc) is 2.36. The summed E-state index contributed by atoms with van der Waals surface area (Å²) < 4.78 is 40.3. The van der Waals surface area contributed by atoms with Crippen LogP contribution in [-0.4, -0.2) is 19.4 Å². The lowest BCUT2D eigenvalue weighted by Crippen LogP contribution is -2.23. The molecule has 0 spiro atoms. The molecular formula is C14H20F3NO. The van der Waals surface area contributed by atoms with Gasteiger partial charge in [-0.1, -0.05) is 38.1 Å². The van der Waals surface area contributed by atoms with Crippen LogP contribution in [0.1, 0.15) is 43.4 Å². The van der Waals surface area contributed by atoms with Gasteiger partial charge in [-0.25, -0.2) is 0 Å². The molecule has 0 saturated heterocycles. The lowest BCUT2D eigenvalue weighted by molar-refractivity contribution is -0.174. The van der Waals surface area contributed by atoms with Crippen molar-refractivity contribution in [2.24, 2.45) is 5.73 Å². The summed E-state index contributed by atoms with van der Waals surface area (Å²) in [6.45, 7) is 2.84. The van der Waals surface area contributed by atoms with Crippen LogP contribution in [0.3, 0.4) is 0 Å². The van der Waals surface area contributed by atoms with E-state index < -0.39 is 18.8 Å². The van der Waals surface area contributed by atoms with Crippen molar-refractivity contribution in [3.05, 3.63) is 35.4 Å². The van der Waals surface area contributed by atoms with Gasteiger partial charge in [-0.15, -0.1) is 0 Å². The van der Waals surface area contributed by atoms with Crippen molar-refractivity contribution in [2.45, 2.75) is 38.4 Å². The van der Waals surface area contributed by atoms with Gasteiger partial charge in [-0.3, -0.25) is 0 Å². The van der Waals surface area contributed by atoms with Crippen LogP contribution in [0.2, 0.25) is 0 Å². The highest BCUT2D eigenvalue weighted by Crippen LogP contribution is 2.21. The van der Waals surface area contributed by atoms with Gasteiger partial charge in [-0.05, 0) is 23.5 Å². The van der Waals surface area contributed by atoms with Gasteiger partial charge in [0.1, 0.15) is 6.61 Å². The van der Waals surface area contributed by atoms with Gasteiger partial charge in [0.25, 0.3) is 0 Å². The maximum Gasteiger partial charge on any atom is 0.411 e. The molecule has 0 radical (unpaired) electrons. The van der Waals surface area contributed by atoms with E-state index in [1.807, 2.05) is 24.3 Å². The maximum absolute atomic E-state index is 11.9. The standard InChI is InChI=1S/C14H20F3NO/c1-3-10(2)11-4-6-12(7-5-11)13(18)8-19-9-14(15,16)17/h4-7,10,13H,3,8-9,18H2,1-2H3. The number of hydrogen-bond acceptors (Lipinski definition) is 2. The van der Waals surface area contributed by atoms with E-state index in [9.17, 15) is 13.2 Å². The van der Waals surface area contributed by atoms with Crippen LogP contribution in [-0.2, 0) is 4.74 Å². The molecule has 0 bridgehead atoms. The summed E-state index contributed by atoms with van der Waals surface area (Å²) in [5.74, 6) is 0.465. The summed E-state index contributed by atoms with van der Waals surface area (Å²) in [5, 5.41) is 0. The number of hydrogen-bond donors (Lipinski definition) is 1. The molecule has 0 saturated carbocycles. The SMILES string of the molecule is CCC(C)c1ccc(C(N)COCC(F)(F)F)cc1. The maximum atomic E-state index is 11.9. The summed E-state index contributed by atoms with van der Waals surface area (Å²) in [4.78, 5) is 0. The molecule has 0 aliphatic rings. The Kier molecular flexibility index (Phi) is 5.82. The molecule has 0 amide bonds. The Bertz CT molecular complexity index is 375. The van der Waals surface area contributed by atoms with Crippen molar-refractivity contribution >= 4 is 0 Å². The monoisotopic (exact) mass is 275 g/mol. The van der Waals surface area contributed by atoms with E-state index in [-0.39, 0.29) is 6.61 Å². The predicted octanol–water partition coefficient (Wildman–Crippen LogP) is 3.78. The van der Waals surface area contributed by atoms with E-state index in [1.54, 1.807) is 0 Å². The third-order valence-corrected chi connectivity index (χ3v) is 3.11. The van der Waals surface area contributed by atoms with Gasteiger partial charge >= 0.3 is 6.18 Å². The second-order valence-electron chi connectivity index (χ2n) is 4.71. The Morgan fingerprint density at radius 1 is 1.16 bits per heavy atom. The summed E-state index contributed by atoms with van der Waals surface area (Å²) in [7, 11) is 0. The highest BCUT2D eigenvalue weighted by molar-refractivity contribution is 5.27. The third-order valence-electron chi connectivity index (χ3n) is 3.11. The first kappa shape index (κ1) is 16.0. The predicted molar refractivity (Wildman–Crippen MR) is 69.0 cm³/mol. The quantitative estimate of drug-likeness (QED) is 0.857. The minimum Gasteiger partial charge on any atom is -0.370 e. The van der Waals surface area contributed by atoms with Crippen LogP contribution < -0.4 is 5.73 Å². The second-order valence-corrected chi connectivity index (χ2v) is 4.71. The third kappa shape index (κ3) is 5.61. The zero-order valence-electron chi connectivity index (χ0n) is 11.2. The summed E-state index contributed by atoms with van der Waals surface area (Å²) in [6, 6.07) is 7.10. The van der Waals surface area contributed by atoms with Gasteiger partial charge in [0.2, 0.25) is 0 Å². The average molecular weight is 275 g/mol. The van der Waals surface area contributed by atoms with E-state index in [0.29, 0.717) is 5.92 Å². The van der Waals surface area contributed by atoms with Crippen LogP contribution in [0.5, 0.6) is 0 Å². The number of alkyl halides is 3. The van der Waals surface area contributed by atoms with Gasteiger partial charge in [0.05, 0.1) is 12.6 Å². The van der Waals surface area contributed by atoms with E-state index in [1.165, 1.54) is 5.56 Å². The molecule has 2 N–H and O–H groups in total. The minimum absolute atomic E-state index is 0.137. The fourth-order valence-electron chi connectivity index (χ4n) is 1.71. The highest BCUT2D eigenvalue weighted by atomic mass is 19.4. The Labute approximate surface area is 111 Å². The topological polar surface area (TPSA) is 35.2 Å². The summed E-state index contributed by atoms with van der Waals surface area (Å²) >= 11 is 0. The van der Waals surface area contributed by atoms with Crippen molar-refractivity contribution in [3.8, 4) is 0 Å². The van der Waals surface area contributed by atoms with Crippen LogP contribution in [0.25, 0.3) is 0 Å². The molecule has 108 valence electrons. The molecule has 0 aromatic heterocycles. The molecular weight excluding hydrogens is 255 g/mol. The number of halogens is 3. The molecule has 5 heteroatoms. The molecule has 0 aliphatic carbocycles. The van der Waals surface area contributed by atoms with Crippen molar-refractivity contribution < 1.29 is 17.9 Å². The second kappa shape index (κ2) is 6.91. The lowest BCUT2D eigenvalue weighted by atomic mass is 9.96. The number of benzene rings is 1. The zero-order valence-corrected chi connectivity index (χ0v) is 11.2. The fourth-order valence-corrected chi connectivity index (χ4v) is 1.71. The Morgan fingerprint density at radius 2 is 1.68 bits per heavy atom. The molecule has 1 aromatic rings. The molecule has 19 heavy (non-hydrogen) atoms. The Balaban J connectivity index is 2.51. The number of ether oxygens (including phenoxy) is 1. The molecule has 0 fully saturated rings. The molecule has 2 atom stereocenters. The highest BCUT2D eigenvalue weighted by Gasteiger charge is 2.27. The Morgan fingerprint density at radius 3 is 2.16 bits per heavy atom. The minimum atomic E-state index is -4.31. The summed E-state index contributed by atoms with van der Waals surface area (Å²) in [6.07, 6.45) is -3.26. The molecule has 0 aliphatic heterocycles. The molecule has 2 unspecified atom stereocenters. The van der Waals surface area contributed by atoms with Gasteiger partial charge in [-0.2, -0.15) is 13.2 Å². The van der Waals surface area contributed by atoms with Gasteiger partial charge in [0, 0.05) is 0 Å². The molecule has 1 aromatic carbocycles. The van der Waals surface area contributed by atoms with Crippen molar-refractivity contribution in [2.75, 3.05) is 13.2 Å². The van der Waals surface area contributed by atoms with Gasteiger partial charge in [0.15, 0.2) is 0 Å².